The lowest BCUT2D eigenvalue weighted by Crippen LogP contribution is -2.32. The molecule has 3 nitrogen and oxygen atoms in total. The second-order valence-electron chi connectivity index (χ2n) is 4.21. The van der Waals surface area contributed by atoms with Crippen molar-refractivity contribution in [2.24, 2.45) is 5.92 Å². The molecule has 1 saturated carbocycles. The molecule has 2 N–H and O–H groups in total. The van der Waals surface area contributed by atoms with Crippen LogP contribution in [0.4, 0.5) is 0 Å². The number of hydrogen-bond donors (Lipinski definition) is 2. The molecule has 0 heterocycles. The topological polar surface area (TPSA) is 49.3 Å². The fourth-order valence-corrected chi connectivity index (χ4v) is 2.16. The number of nitrogens with one attached hydrogen (secondary N) is 1. The summed E-state index contributed by atoms with van der Waals surface area (Å²) in [7, 11) is 0. The van der Waals surface area contributed by atoms with E-state index in [1.807, 2.05) is 0 Å². The summed E-state index contributed by atoms with van der Waals surface area (Å²) in [5, 5.41) is 12.4. The Labute approximate surface area is 96.2 Å². The molecule has 0 bridgehead atoms. The molecule has 1 amide bonds. The van der Waals surface area contributed by atoms with Gasteiger partial charge >= 0.3 is 0 Å². The molecule has 2 atom stereocenters. The zero-order valence-electron chi connectivity index (χ0n) is 9.04. The molecule has 0 aliphatic heterocycles. The molecule has 0 radical (unpaired) electrons. The van der Waals surface area contributed by atoms with E-state index in [-0.39, 0.29) is 17.9 Å². The van der Waals surface area contributed by atoms with Gasteiger partial charge in [-0.05, 0) is 25.7 Å². The van der Waals surface area contributed by atoms with Crippen LogP contribution >= 0.6 is 11.6 Å². The Morgan fingerprint density at radius 1 is 1.40 bits per heavy atom. The van der Waals surface area contributed by atoms with Crippen molar-refractivity contribution in [2.75, 3.05) is 12.4 Å². The maximum atomic E-state index is 11.3. The molecule has 1 fully saturated rings. The van der Waals surface area contributed by atoms with Crippen LogP contribution in [0.2, 0.25) is 0 Å². The first-order valence-corrected chi connectivity index (χ1v) is 6.28. The number of rotatable bonds is 6. The van der Waals surface area contributed by atoms with Crippen LogP contribution in [-0.4, -0.2) is 29.5 Å². The first kappa shape index (κ1) is 12.8. The average molecular weight is 234 g/mol. The largest absolute Gasteiger partial charge is 0.393 e. The number of unbranched alkanes of at least 4 members (excludes halogenated alkanes) is 1. The van der Waals surface area contributed by atoms with E-state index >= 15 is 0 Å². The molecule has 0 saturated heterocycles. The van der Waals surface area contributed by atoms with Gasteiger partial charge in [-0.1, -0.05) is 6.42 Å². The van der Waals surface area contributed by atoms with E-state index in [0.29, 0.717) is 18.8 Å². The molecular formula is C11H20ClNO2. The van der Waals surface area contributed by atoms with E-state index in [1.54, 1.807) is 0 Å². The summed E-state index contributed by atoms with van der Waals surface area (Å²) in [6.07, 6.45) is 5.07. The Morgan fingerprint density at radius 2 is 2.20 bits per heavy atom. The van der Waals surface area contributed by atoms with Crippen molar-refractivity contribution in [2.45, 2.75) is 44.6 Å². The summed E-state index contributed by atoms with van der Waals surface area (Å²) in [6.45, 7) is 0.626. The van der Waals surface area contributed by atoms with E-state index in [1.165, 1.54) is 0 Å². The fraction of sp³-hybridized carbons (Fsp3) is 0.909. The number of aliphatic hydroxyl groups is 1. The Kier molecular flexibility index (Phi) is 6.03. The van der Waals surface area contributed by atoms with Gasteiger partial charge in [0.1, 0.15) is 0 Å². The molecule has 0 spiro atoms. The lowest BCUT2D eigenvalue weighted by Gasteiger charge is -2.14. The molecule has 4 heteroatoms. The molecule has 1 rings (SSSR count). The zero-order valence-corrected chi connectivity index (χ0v) is 9.80. The molecule has 0 aromatic carbocycles. The Balaban J connectivity index is 2.05. The molecule has 15 heavy (non-hydrogen) atoms. The minimum Gasteiger partial charge on any atom is -0.393 e. The third-order valence-electron chi connectivity index (χ3n) is 2.97. The van der Waals surface area contributed by atoms with Gasteiger partial charge in [-0.25, -0.2) is 0 Å². The smallest absolute Gasteiger partial charge is 0.220 e. The van der Waals surface area contributed by atoms with E-state index in [4.69, 9.17) is 11.6 Å². The van der Waals surface area contributed by atoms with Crippen LogP contribution in [0.3, 0.4) is 0 Å². The highest BCUT2D eigenvalue weighted by atomic mass is 35.5. The Morgan fingerprint density at radius 3 is 2.80 bits per heavy atom. The molecular weight excluding hydrogens is 214 g/mol. The number of hydrogen-bond acceptors (Lipinski definition) is 2. The third kappa shape index (κ3) is 4.85. The van der Waals surface area contributed by atoms with E-state index in [9.17, 15) is 9.90 Å². The van der Waals surface area contributed by atoms with Crippen LogP contribution < -0.4 is 5.32 Å². The van der Waals surface area contributed by atoms with Crippen molar-refractivity contribution in [1.82, 2.24) is 5.32 Å². The van der Waals surface area contributed by atoms with Crippen molar-refractivity contribution in [3.63, 3.8) is 0 Å². The predicted octanol–water partition coefficient (Wildman–Crippen LogP) is 1.67. The van der Waals surface area contributed by atoms with Crippen molar-refractivity contribution < 1.29 is 9.90 Å². The number of carbonyl (C=O) groups excluding carboxylic acids is 1. The molecule has 0 aromatic heterocycles. The van der Waals surface area contributed by atoms with Crippen molar-refractivity contribution in [3.05, 3.63) is 0 Å². The summed E-state index contributed by atoms with van der Waals surface area (Å²) in [4.78, 5) is 11.3. The standard InChI is InChI=1S/C11H20ClNO2/c12-7-2-1-6-11(15)13-8-9-4-3-5-10(9)14/h9-10,14H,1-8H2,(H,13,15). The number of amides is 1. The third-order valence-corrected chi connectivity index (χ3v) is 3.24. The maximum absolute atomic E-state index is 11.3. The summed E-state index contributed by atoms with van der Waals surface area (Å²) in [5.74, 6) is 0.968. The quantitative estimate of drug-likeness (QED) is 0.542. The second kappa shape index (κ2) is 7.07. The fourth-order valence-electron chi connectivity index (χ4n) is 1.97. The van der Waals surface area contributed by atoms with E-state index < -0.39 is 0 Å². The molecule has 0 aromatic rings. The minimum atomic E-state index is -0.215. The minimum absolute atomic E-state index is 0.0826. The van der Waals surface area contributed by atoms with Crippen LogP contribution in [0.15, 0.2) is 0 Å². The lowest BCUT2D eigenvalue weighted by atomic mass is 10.1. The van der Waals surface area contributed by atoms with Gasteiger partial charge in [-0.15, -0.1) is 11.6 Å². The Hall–Kier alpha value is -0.280. The maximum Gasteiger partial charge on any atom is 0.220 e. The summed E-state index contributed by atoms with van der Waals surface area (Å²) >= 11 is 5.52. The van der Waals surface area contributed by atoms with Gasteiger partial charge in [0.2, 0.25) is 5.91 Å². The second-order valence-corrected chi connectivity index (χ2v) is 4.59. The number of aliphatic hydroxyl groups excluding tert-OH is 1. The predicted molar refractivity (Wildman–Crippen MR) is 60.9 cm³/mol. The van der Waals surface area contributed by atoms with Gasteiger partial charge in [0.15, 0.2) is 0 Å². The van der Waals surface area contributed by atoms with Gasteiger partial charge in [0, 0.05) is 24.8 Å². The highest BCUT2D eigenvalue weighted by Crippen LogP contribution is 2.24. The van der Waals surface area contributed by atoms with Gasteiger partial charge in [-0.2, -0.15) is 0 Å². The molecule has 1 aliphatic rings. The van der Waals surface area contributed by atoms with Gasteiger partial charge in [0.05, 0.1) is 6.10 Å². The highest BCUT2D eigenvalue weighted by Gasteiger charge is 2.25. The van der Waals surface area contributed by atoms with Gasteiger partial charge in [0.25, 0.3) is 0 Å². The van der Waals surface area contributed by atoms with E-state index in [0.717, 1.165) is 32.1 Å². The number of halogens is 1. The van der Waals surface area contributed by atoms with Crippen molar-refractivity contribution in [1.29, 1.82) is 0 Å². The highest BCUT2D eigenvalue weighted by molar-refractivity contribution is 6.17. The van der Waals surface area contributed by atoms with Gasteiger partial charge < -0.3 is 10.4 Å². The first-order valence-electron chi connectivity index (χ1n) is 5.74. The van der Waals surface area contributed by atoms with Crippen LogP contribution in [0.5, 0.6) is 0 Å². The zero-order chi connectivity index (χ0) is 11.1. The summed E-state index contributed by atoms with van der Waals surface area (Å²) in [6, 6.07) is 0. The SMILES string of the molecule is O=C(CCCCCl)NCC1CCCC1O. The normalized spacial score (nSPS) is 25.5. The van der Waals surface area contributed by atoms with E-state index in [2.05, 4.69) is 5.32 Å². The van der Waals surface area contributed by atoms with Crippen LogP contribution in [0, 0.1) is 5.92 Å². The molecule has 88 valence electrons. The number of carbonyl (C=O) groups is 1. The summed E-state index contributed by atoms with van der Waals surface area (Å²) in [5.41, 5.74) is 0. The van der Waals surface area contributed by atoms with Crippen molar-refractivity contribution >= 4 is 17.5 Å². The molecule has 1 aliphatic carbocycles. The Bertz CT molecular complexity index is 199. The van der Waals surface area contributed by atoms with Crippen LogP contribution in [0.25, 0.3) is 0 Å². The van der Waals surface area contributed by atoms with Crippen LogP contribution in [0.1, 0.15) is 38.5 Å². The monoisotopic (exact) mass is 233 g/mol. The average Bonchev–Trinajstić information content (AvgIpc) is 2.61. The number of alkyl halides is 1. The lowest BCUT2D eigenvalue weighted by molar-refractivity contribution is -0.121. The van der Waals surface area contributed by atoms with Crippen molar-refractivity contribution in [3.8, 4) is 0 Å². The first-order chi connectivity index (χ1) is 7.24. The van der Waals surface area contributed by atoms with Gasteiger partial charge in [-0.3, -0.25) is 4.79 Å². The van der Waals surface area contributed by atoms with Crippen LogP contribution in [-0.2, 0) is 4.79 Å². The molecule has 2 unspecified atom stereocenters. The summed E-state index contributed by atoms with van der Waals surface area (Å²) < 4.78 is 0.